The van der Waals surface area contributed by atoms with Crippen molar-refractivity contribution in [1.29, 1.82) is 0 Å². The molecule has 0 aromatic carbocycles. The van der Waals surface area contributed by atoms with Crippen LogP contribution in [0.25, 0.3) is 0 Å². The lowest BCUT2D eigenvalue weighted by Crippen LogP contribution is -2.54. The number of carbonyl (C=O) groups excluding carboxylic acids is 2. The summed E-state index contributed by atoms with van der Waals surface area (Å²) in [5.74, 6) is -0.123. The summed E-state index contributed by atoms with van der Waals surface area (Å²) in [7, 11) is 1.66. The van der Waals surface area contributed by atoms with Crippen LogP contribution in [-0.2, 0) is 9.59 Å². The van der Waals surface area contributed by atoms with Gasteiger partial charge in [0, 0.05) is 45.1 Å². The van der Waals surface area contributed by atoms with Crippen LogP contribution in [0.2, 0.25) is 0 Å². The predicted molar refractivity (Wildman–Crippen MR) is 78.6 cm³/mol. The Kier molecular flexibility index (Phi) is 4.95. The predicted octanol–water partition coefficient (Wildman–Crippen LogP) is -0.277. The maximum absolute atomic E-state index is 12.3. The summed E-state index contributed by atoms with van der Waals surface area (Å²) in [4.78, 5) is 27.9. The molecule has 21 heavy (non-hydrogen) atoms. The number of piperazine rings is 1. The summed E-state index contributed by atoms with van der Waals surface area (Å²) >= 11 is 0. The van der Waals surface area contributed by atoms with E-state index in [-0.39, 0.29) is 24.4 Å². The van der Waals surface area contributed by atoms with Crippen LogP contribution in [0.4, 0.5) is 0 Å². The first-order valence-electron chi connectivity index (χ1n) is 7.25. The topological polar surface area (TPSA) is 70.5 Å². The number of rotatable bonds is 4. The van der Waals surface area contributed by atoms with Crippen molar-refractivity contribution in [1.82, 2.24) is 24.9 Å². The average molecular weight is 293 g/mol. The van der Waals surface area contributed by atoms with Gasteiger partial charge in [0.25, 0.3) is 0 Å². The number of carbonyl (C=O) groups is 2. The lowest BCUT2D eigenvalue weighted by Gasteiger charge is -2.35. The van der Waals surface area contributed by atoms with E-state index in [4.69, 9.17) is 0 Å². The second-order valence-electron chi connectivity index (χ2n) is 5.50. The second kappa shape index (κ2) is 6.71. The Bertz CT molecular complexity index is 488. The highest BCUT2D eigenvalue weighted by atomic mass is 16.2. The maximum atomic E-state index is 12.3. The quantitative estimate of drug-likeness (QED) is 0.829. The van der Waals surface area contributed by atoms with Crippen LogP contribution in [0.15, 0.2) is 18.5 Å². The van der Waals surface area contributed by atoms with Gasteiger partial charge in [-0.15, -0.1) is 0 Å². The summed E-state index contributed by atoms with van der Waals surface area (Å²) < 4.78 is 1.59. The van der Waals surface area contributed by atoms with Crippen molar-refractivity contribution in [3.63, 3.8) is 0 Å². The van der Waals surface area contributed by atoms with Gasteiger partial charge < -0.3 is 15.1 Å². The highest BCUT2D eigenvalue weighted by molar-refractivity contribution is 5.86. The van der Waals surface area contributed by atoms with Crippen LogP contribution in [0.3, 0.4) is 0 Å². The van der Waals surface area contributed by atoms with Crippen molar-refractivity contribution in [2.45, 2.75) is 25.9 Å². The Labute approximate surface area is 124 Å². The van der Waals surface area contributed by atoms with Crippen LogP contribution >= 0.6 is 0 Å². The fourth-order valence-corrected chi connectivity index (χ4v) is 2.53. The molecular formula is C14H23N5O2. The van der Waals surface area contributed by atoms with Crippen molar-refractivity contribution in [2.24, 2.45) is 0 Å². The highest BCUT2D eigenvalue weighted by Gasteiger charge is 2.26. The molecule has 1 N–H and O–H groups in total. The minimum Gasteiger partial charge on any atom is -0.336 e. The Morgan fingerprint density at radius 1 is 1.52 bits per heavy atom. The standard InChI is InChI=1S/C14H23N5O2/c1-11-9-15-6-8-18(11)13(20)10-17(3)14(21)12(2)19-7-4-5-16-19/h4-5,7,11-12,15H,6,8-10H2,1-3H3/t11-,12?/m0/s1. The van der Waals surface area contributed by atoms with Crippen LogP contribution in [-0.4, -0.2) is 70.7 Å². The second-order valence-corrected chi connectivity index (χ2v) is 5.50. The molecule has 2 amide bonds. The van der Waals surface area contributed by atoms with Crippen molar-refractivity contribution in [3.8, 4) is 0 Å². The summed E-state index contributed by atoms with van der Waals surface area (Å²) in [5, 5.41) is 7.31. The zero-order chi connectivity index (χ0) is 15.4. The van der Waals surface area contributed by atoms with Gasteiger partial charge in [-0.2, -0.15) is 5.10 Å². The molecule has 0 radical (unpaired) electrons. The van der Waals surface area contributed by atoms with Crippen LogP contribution < -0.4 is 5.32 Å². The average Bonchev–Trinajstić information content (AvgIpc) is 3.00. The first-order chi connectivity index (χ1) is 10.0. The first kappa shape index (κ1) is 15.5. The minimum atomic E-state index is -0.404. The SMILES string of the molecule is CC(C(=O)N(C)CC(=O)N1CCNC[C@@H]1C)n1cccn1. The van der Waals surface area contributed by atoms with E-state index < -0.39 is 6.04 Å². The number of amides is 2. The van der Waals surface area contributed by atoms with E-state index in [1.165, 1.54) is 4.90 Å². The number of hydrogen-bond donors (Lipinski definition) is 1. The van der Waals surface area contributed by atoms with Gasteiger partial charge in [-0.1, -0.05) is 0 Å². The van der Waals surface area contributed by atoms with E-state index >= 15 is 0 Å². The number of likely N-dealkylation sites (N-methyl/N-ethyl adjacent to an activating group) is 1. The minimum absolute atomic E-state index is 0.00693. The van der Waals surface area contributed by atoms with Gasteiger partial charge in [-0.3, -0.25) is 14.3 Å². The Morgan fingerprint density at radius 2 is 2.29 bits per heavy atom. The maximum Gasteiger partial charge on any atom is 0.247 e. The lowest BCUT2D eigenvalue weighted by atomic mass is 10.2. The van der Waals surface area contributed by atoms with Crippen LogP contribution in [0.1, 0.15) is 19.9 Å². The molecule has 1 aromatic heterocycles. The fourth-order valence-electron chi connectivity index (χ4n) is 2.53. The van der Waals surface area contributed by atoms with E-state index in [1.807, 2.05) is 11.8 Å². The summed E-state index contributed by atoms with van der Waals surface area (Å²) in [6.07, 6.45) is 3.38. The molecule has 7 nitrogen and oxygen atoms in total. The summed E-state index contributed by atoms with van der Waals surface area (Å²) in [6.45, 7) is 6.19. The van der Waals surface area contributed by atoms with Gasteiger partial charge in [-0.25, -0.2) is 0 Å². The van der Waals surface area contributed by atoms with Crippen molar-refractivity contribution in [2.75, 3.05) is 33.2 Å². The molecule has 1 unspecified atom stereocenters. The molecule has 0 aliphatic carbocycles. The van der Waals surface area contributed by atoms with Crippen LogP contribution in [0.5, 0.6) is 0 Å². The number of aromatic nitrogens is 2. The molecule has 7 heteroatoms. The lowest BCUT2D eigenvalue weighted by molar-refractivity contribution is -0.142. The molecule has 2 atom stereocenters. The van der Waals surface area contributed by atoms with Gasteiger partial charge in [0.15, 0.2) is 0 Å². The molecule has 2 rings (SSSR count). The first-order valence-corrected chi connectivity index (χ1v) is 7.25. The molecule has 1 aliphatic rings. The van der Waals surface area contributed by atoms with Gasteiger partial charge in [-0.05, 0) is 19.9 Å². The van der Waals surface area contributed by atoms with Gasteiger partial charge in [0.2, 0.25) is 11.8 Å². The van der Waals surface area contributed by atoms with Crippen molar-refractivity contribution < 1.29 is 9.59 Å². The third-order valence-corrected chi connectivity index (χ3v) is 3.85. The zero-order valence-corrected chi connectivity index (χ0v) is 12.8. The van der Waals surface area contributed by atoms with E-state index in [1.54, 1.807) is 37.1 Å². The van der Waals surface area contributed by atoms with E-state index in [2.05, 4.69) is 10.4 Å². The summed E-state index contributed by atoms with van der Waals surface area (Å²) in [5.41, 5.74) is 0. The molecule has 1 saturated heterocycles. The molecule has 0 bridgehead atoms. The number of nitrogens with zero attached hydrogens (tertiary/aromatic N) is 4. The zero-order valence-electron chi connectivity index (χ0n) is 12.8. The molecule has 1 aliphatic heterocycles. The van der Waals surface area contributed by atoms with Gasteiger partial charge in [0.05, 0.1) is 6.54 Å². The number of nitrogens with one attached hydrogen (secondary N) is 1. The third kappa shape index (κ3) is 3.60. The monoisotopic (exact) mass is 293 g/mol. The van der Waals surface area contributed by atoms with Crippen molar-refractivity contribution in [3.05, 3.63) is 18.5 Å². The molecule has 116 valence electrons. The van der Waals surface area contributed by atoms with Crippen molar-refractivity contribution >= 4 is 11.8 Å². The van der Waals surface area contributed by atoms with E-state index in [0.29, 0.717) is 6.54 Å². The largest absolute Gasteiger partial charge is 0.336 e. The fraction of sp³-hybridized carbons (Fsp3) is 0.643. The molecule has 0 spiro atoms. The summed E-state index contributed by atoms with van der Waals surface area (Å²) in [6, 6.07) is 1.54. The van der Waals surface area contributed by atoms with E-state index in [9.17, 15) is 9.59 Å². The van der Waals surface area contributed by atoms with Crippen LogP contribution in [0, 0.1) is 0 Å². The van der Waals surface area contributed by atoms with Gasteiger partial charge in [0.1, 0.15) is 6.04 Å². The molecular weight excluding hydrogens is 270 g/mol. The Hall–Kier alpha value is -1.89. The Morgan fingerprint density at radius 3 is 2.90 bits per heavy atom. The normalized spacial score (nSPS) is 20.1. The molecule has 0 saturated carbocycles. The third-order valence-electron chi connectivity index (χ3n) is 3.85. The Balaban J connectivity index is 1.92. The molecule has 2 heterocycles. The number of hydrogen-bond acceptors (Lipinski definition) is 4. The smallest absolute Gasteiger partial charge is 0.247 e. The highest BCUT2D eigenvalue weighted by Crippen LogP contribution is 2.09. The molecule has 1 fully saturated rings. The van der Waals surface area contributed by atoms with Gasteiger partial charge >= 0.3 is 0 Å². The van der Waals surface area contributed by atoms with E-state index in [0.717, 1.165) is 13.1 Å². The molecule has 1 aromatic rings.